The number of hydrogen-bond donors (Lipinski definition) is 3. The largest absolute Gasteiger partial charge is 0.481 e. The number of aliphatic hydroxyl groups excluding tert-OH is 2. The highest BCUT2D eigenvalue weighted by Gasteiger charge is 2.40. The molecule has 0 saturated heterocycles. The normalized spacial score (nSPS) is 25.3. The molecule has 156 valence electrons. The van der Waals surface area contributed by atoms with E-state index in [2.05, 4.69) is 6.92 Å². The van der Waals surface area contributed by atoms with Gasteiger partial charge >= 0.3 is 5.97 Å². The van der Waals surface area contributed by atoms with Crippen LogP contribution in [0.4, 0.5) is 0 Å². The molecule has 0 radical (unpaired) electrons. The fourth-order valence-corrected chi connectivity index (χ4v) is 4.03. The molecule has 4 atom stereocenters. The molecule has 1 rings (SSSR count). The molecule has 0 amide bonds. The maximum atomic E-state index is 12.1. The van der Waals surface area contributed by atoms with Gasteiger partial charge in [-0.25, -0.2) is 0 Å². The van der Waals surface area contributed by atoms with Gasteiger partial charge in [0.15, 0.2) is 0 Å². The Morgan fingerprint density at radius 3 is 2.30 bits per heavy atom. The van der Waals surface area contributed by atoms with Gasteiger partial charge < -0.3 is 15.3 Å². The van der Waals surface area contributed by atoms with Gasteiger partial charge in [-0.05, 0) is 50.4 Å². The van der Waals surface area contributed by atoms with Crippen molar-refractivity contribution in [3.63, 3.8) is 0 Å². The summed E-state index contributed by atoms with van der Waals surface area (Å²) in [5, 5.41) is 29.1. The van der Waals surface area contributed by atoms with Crippen molar-refractivity contribution in [2.75, 3.05) is 0 Å². The first kappa shape index (κ1) is 23.8. The second-order valence-electron chi connectivity index (χ2n) is 7.93. The van der Waals surface area contributed by atoms with Crippen molar-refractivity contribution in [2.45, 2.75) is 103 Å². The molecule has 0 aromatic rings. The van der Waals surface area contributed by atoms with Gasteiger partial charge in [-0.2, -0.15) is 0 Å². The fraction of sp³-hybridized carbons (Fsp3) is 0.818. The lowest BCUT2D eigenvalue weighted by Crippen LogP contribution is -2.22. The number of carbonyl (C=O) groups is 2. The number of carboxylic acids is 1. The summed E-state index contributed by atoms with van der Waals surface area (Å²) < 4.78 is 0. The Balaban J connectivity index is 2.32. The molecule has 0 bridgehead atoms. The molecule has 1 fully saturated rings. The molecule has 0 aliphatic heterocycles. The van der Waals surface area contributed by atoms with Gasteiger partial charge in [0, 0.05) is 19.3 Å². The molecular weight excluding hydrogens is 344 g/mol. The molecule has 1 aliphatic rings. The van der Waals surface area contributed by atoms with Crippen molar-refractivity contribution in [3.8, 4) is 0 Å². The number of rotatable bonds is 15. The highest BCUT2D eigenvalue weighted by atomic mass is 16.4. The molecule has 1 aliphatic carbocycles. The van der Waals surface area contributed by atoms with Crippen LogP contribution in [-0.2, 0) is 9.59 Å². The van der Waals surface area contributed by atoms with E-state index in [-0.39, 0.29) is 24.0 Å². The second-order valence-corrected chi connectivity index (χ2v) is 7.93. The molecule has 27 heavy (non-hydrogen) atoms. The summed E-state index contributed by atoms with van der Waals surface area (Å²) in [4.78, 5) is 22.6. The van der Waals surface area contributed by atoms with Crippen LogP contribution in [0.5, 0.6) is 0 Å². The van der Waals surface area contributed by atoms with Crippen LogP contribution in [0.1, 0.15) is 90.4 Å². The zero-order chi connectivity index (χ0) is 20.1. The minimum absolute atomic E-state index is 0.0203. The Hall–Kier alpha value is -1.20. The predicted molar refractivity (Wildman–Crippen MR) is 106 cm³/mol. The van der Waals surface area contributed by atoms with Crippen LogP contribution in [0.15, 0.2) is 12.2 Å². The van der Waals surface area contributed by atoms with E-state index in [0.717, 1.165) is 12.8 Å². The lowest BCUT2D eigenvalue weighted by molar-refractivity contribution is -0.137. The van der Waals surface area contributed by atoms with Crippen LogP contribution in [0.2, 0.25) is 0 Å². The van der Waals surface area contributed by atoms with E-state index in [9.17, 15) is 19.8 Å². The molecule has 0 unspecified atom stereocenters. The molecule has 5 heteroatoms. The van der Waals surface area contributed by atoms with E-state index < -0.39 is 18.2 Å². The number of aliphatic carboxylic acids is 1. The number of carbonyl (C=O) groups excluding carboxylic acids is 1. The van der Waals surface area contributed by atoms with Crippen LogP contribution in [0.3, 0.4) is 0 Å². The topological polar surface area (TPSA) is 94.8 Å². The SMILES string of the molecule is CCCCCCCC(=O)CC[C@H]1[C@H](C/C=C\CCCC(=O)O)[C@H](O)C[C@@H]1O. The molecule has 0 aromatic heterocycles. The molecular formula is C22H38O5. The standard InChI is InChI=1S/C22H38O5/c1-2-3-4-5-8-11-17(23)14-15-19-18(20(24)16-21(19)25)12-9-6-7-10-13-22(26)27/h6,9,18-21,24-25H,2-5,7-8,10-16H2,1H3,(H,26,27)/b9-6-/t18-,19-,20+,21-/m0/s1. The van der Waals surface area contributed by atoms with Gasteiger partial charge in [0.2, 0.25) is 0 Å². The maximum Gasteiger partial charge on any atom is 0.303 e. The summed E-state index contributed by atoms with van der Waals surface area (Å²) in [7, 11) is 0. The lowest BCUT2D eigenvalue weighted by Gasteiger charge is -2.22. The summed E-state index contributed by atoms with van der Waals surface area (Å²) in [6, 6.07) is 0. The zero-order valence-electron chi connectivity index (χ0n) is 16.8. The van der Waals surface area contributed by atoms with Crippen LogP contribution < -0.4 is 0 Å². The molecule has 0 spiro atoms. The summed E-state index contributed by atoms with van der Waals surface area (Å²) in [5.41, 5.74) is 0. The molecule has 3 N–H and O–H groups in total. The lowest BCUT2D eigenvalue weighted by atomic mass is 9.86. The zero-order valence-corrected chi connectivity index (χ0v) is 16.8. The summed E-state index contributed by atoms with van der Waals surface area (Å²) in [5.74, 6) is -0.573. The monoisotopic (exact) mass is 382 g/mol. The molecule has 0 aromatic carbocycles. The highest BCUT2D eigenvalue weighted by Crippen LogP contribution is 2.38. The molecule has 0 heterocycles. The Morgan fingerprint density at radius 1 is 0.889 bits per heavy atom. The predicted octanol–water partition coefficient (Wildman–Crippen LogP) is 4.26. The Labute approximate surface area is 163 Å². The van der Waals surface area contributed by atoms with Crippen LogP contribution in [0.25, 0.3) is 0 Å². The molecule has 1 saturated carbocycles. The fourth-order valence-electron chi connectivity index (χ4n) is 4.03. The van der Waals surface area contributed by atoms with Crippen molar-refractivity contribution in [2.24, 2.45) is 11.8 Å². The van der Waals surface area contributed by atoms with Crippen molar-refractivity contribution >= 4 is 11.8 Å². The van der Waals surface area contributed by atoms with Gasteiger partial charge in [-0.15, -0.1) is 0 Å². The third kappa shape index (κ3) is 10.1. The van der Waals surface area contributed by atoms with Gasteiger partial charge in [0.05, 0.1) is 12.2 Å². The quantitative estimate of drug-likeness (QED) is 0.291. The van der Waals surface area contributed by atoms with Gasteiger partial charge in [-0.1, -0.05) is 44.8 Å². The van der Waals surface area contributed by atoms with Crippen molar-refractivity contribution in [1.82, 2.24) is 0 Å². The minimum Gasteiger partial charge on any atom is -0.481 e. The number of allylic oxidation sites excluding steroid dienone is 2. The van der Waals surface area contributed by atoms with E-state index in [1.807, 2.05) is 12.2 Å². The Morgan fingerprint density at radius 2 is 1.59 bits per heavy atom. The van der Waals surface area contributed by atoms with Gasteiger partial charge in [0.25, 0.3) is 0 Å². The van der Waals surface area contributed by atoms with E-state index in [1.54, 1.807) is 0 Å². The van der Waals surface area contributed by atoms with Crippen molar-refractivity contribution in [1.29, 1.82) is 0 Å². The number of ketones is 1. The number of hydrogen-bond acceptors (Lipinski definition) is 4. The maximum absolute atomic E-state index is 12.1. The third-order valence-electron chi connectivity index (χ3n) is 5.67. The first-order chi connectivity index (χ1) is 13.0. The van der Waals surface area contributed by atoms with Gasteiger partial charge in [-0.3, -0.25) is 9.59 Å². The van der Waals surface area contributed by atoms with E-state index in [4.69, 9.17) is 5.11 Å². The van der Waals surface area contributed by atoms with Gasteiger partial charge in [0.1, 0.15) is 5.78 Å². The third-order valence-corrected chi connectivity index (χ3v) is 5.67. The number of aliphatic hydroxyl groups is 2. The Bertz CT molecular complexity index is 460. The highest BCUT2D eigenvalue weighted by molar-refractivity contribution is 5.78. The molecule has 5 nitrogen and oxygen atoms in total. The van der Waals surface area contributed by atoms with E-state index >= 15 is 0 Å². The average Bonchev–Trinajstić information content (AvgIpc) is 2.88. The number of unbranched alkanes of at least 4 members (excludes halogenated alkanes) is 5. The van der Waals surface area contributed by atoms with Crippen molar-refractivity contribution < 1.29 is 24.9 Å². The van der Waals surface area contributed by atoms with Crippen LogP contribution in [0, 0.1) is 11.8 Å². The number of carboxylic acid groups (broad SMARTS) is 1. The number of Topliss-reactive ketones (excluding diaryl/α,β-unsaturated/α-hetero) is 1. The first-order valence-corrected chi connectivity index (χ1v) is 10.7. The van der Waals surface area contributed by atoms with Crippen LogP contribution >= 0.6 is 0 Å². The van der Waals surface area contributed by atoms with E-state index in [0.29, 0.717) is 44.9 Å². The summed E-state index contributed by atoms with van der Waals surface area (Å²) in [6.45, 7) is 2.17. The van der Waals surface area contributed by atoms with Crippen molar-refractivity contribution in [3.05, 3.63) is 12.2 Å². The minimum atomic E-state index is -0.784. The summed E-state index contributed by atoms with van der Waals surface area (Å²) >= 11 is 0. The second kappa shape index (κ2) is 13.9. The average molecular weight is 383 g/mol. The first-order valence-electron chi connectivity index (χ1n) is 10.7. The van der Waals surface area contributed by atoms with E-state index in [1.165, 1.54) is 19.3 Å². The Kier molecular flexibility index (Phi) is 12.3. The summed E-state index contributed by atoms with van der Waals surface area (Å²) in [6.07, 6.45) is 12.8. The van der Waals surface area contributed by atoms with Crippen LogP contribution in [-0.4, -0.2) is 39.3 Å². The smallest absolute Gasteiger partial charge is 0.303 e.